The van der Waals surface area contributed by atoms with Crippen LogP contribution in [0.1, 0.15) is 43.1 Å². The van der Waals surface area contributed by atoms with Gasteiger partial charge in [-0.2, -0.15) is 0 Å². The van der Waals surface area contributed by atoms with Crippen molar-refractivity contribution in [3.63, 3.8) is 0 Å². The van der Waals surface area contributed by atoms with Gasteiger partial charge in [-0.3, -0.25) is 9.59 Å². The third kappa shape index (κ3) is 3.41. The lowest BCUT2D eigenvalue weighted by Crippen LogP contribution is -2.34. The van der Waals surface area contributed by atoms with E-state index in [0.29, 0.717) is 41.9 Å². The average molecular weight is 430 g/mol. The Morgan fingerprint density at radius 1 is 0.938 bits per heavy atom. The van der Waals surface area contributed by atoms with Gasteiger partial charge in [-0.25, -0.2) is 9.18 Å². The van der Waals surface area contributed by atoms with Crippen LogP contribution in [0.3, 0.4) is 0 Å². The number of benzene rings is 3. The monoisotopic (exact) mass is 430 g/mol. The van der Waals surface area contributed by atoms with Crippen molar-refractivity contribution in [2.45, 2.75) is 12.0 Å². The van der Waals surface area contributed by atoms with Gasteiger partial charge in [0.05, 0.1) is 12.1 Å². The van der Waals surface area contributed by atoms with Gasteiger partial charge in [0.1, 0.15) is 5.82 Å². The van der Waals surface area contributed by atoms with E-state index in [4.69, 9.17) is 4.74 Å². The minimum Gasteiger partial charge on any atom is -0.449 e. The van der Waals surface area contributed by atoms with E-state index in [1.807, 2.05) is 12.1 Å². The molecule has 1 atom stereocenters. The van der Waals surface area contributed by atoms with Crippen LogP contribution in [0.15, 0.2) is 72.8 Å². The Morgan fingerprint density at radius 2 is 1.62 bits per heavy atom. The summed E-state index contributed by atoms with van der Waals surface area (Å²) in [5, 5.41) is 2.73. The molecule has 6 nitrogen and oxygen atoms in total. The zero-order valence-electron chi connectivity index (χ0n) is 17.0. The molecule has 2 aliphatic heterocycles. The number of carbonyl (C=O) groups excluding carboxylic acids is 3. The van der Waals surface area contributed by atoms with Gasteiger partial charge in [0.15, 0.2) is 5.60 Å². The van der Waals surface area contributed by atoms with Crippen molar-refractivity contribution in [3.8, 4) is 0 Å². The number of amides is 2. The quantitative estimate of drug-likeness (QED) is 0.638. The first kappa shape index (κ1) is 19.9. The summed E-state index contributed by atoms with van der Waals surface area (Å²) in [6.45, 7) is 0.779. The normalized spacial score (nSPS) is 19.0. The maximum absolute atomic E-state index is 13.0. The lowest BCUT2D eigenvalue weighted by atomic mass is 9.91. The molecule has 1 unspecified atom stereocenters. The molecular weight excluding hydrogens is 411 g/mol. The number of esters is 1. The zero-order chi connectivity index (χ0) is 22.3. The highest BCUT2D eigenvalue weighted by Gasteiger charge is 2.50. The SMILES string of the molecule is O=C(Nc1ccc(C(=O)N2CCC3(C2)OC(=O)c2ccccc23)cc1)c1ccc(F)cc1. The molecule has 0 aromatic heterocycles. The van der Waals surface area contributed by atoms with Crippen LogP contribution in [-0.4, -0.2) is 35.8 Å². The number of nitrogens with one attached hydrogen (secondary N) is 1. The van der Waals surface area contributed by atoms with E-state index < -0.39 is 11.4 Å². The van der Waals surface area contributed by atoms with Crippen LogP contribution in [-0.2, 0) is 10.3 Å². The third-order valence-corrected chi connectivity index (χ3v) is 5.94. The van der Waals surface area contributed by atoms with Gasteiger partial charge in [0.2, 0.25) is 0 Å². The lowest BCUT2D eigenvalue weighted by Gasteiger charge is -2.24. The van der Waals surface area contributed by atoms with E-state index in [-0.39, 0.29) is 17.8 Å². The van der Waals surface area contributed by atoms with Gasteiger partial charge in [0.25, 0.3) is 11.8 Å². The summed E-state index contributed by atoms with van der Waals surface area (Å²) in [6, 6.07) is 19.1. The van der Waals surface area contributed by atoms with E-state index in [2.05, 4.69) is 5.32 Å². The molecule has 3 aromatic rings. The molecule has 32 heavy (non-hydrogen) atoms. The van der Waals surface area contributed by atoms with Crippen LogP contribution in [0.4, 0.5) is 10.1 Å². The Bertz CT molecular complexity index is 1220. The molecule has 160 valence electrons. The fraction of sp³-hybridized carbons (Fsp3) is 0.160. The lowest BCUT2D eigenvalue weighted by molar-refractivity contribution is -0.00306. The summed E-state index contributed by atoms with van der Waals surface area (Å²) < 4.78 is 18.7. The number of ether oxygens (including phenoxy) is 1. The van der Waals surface area contributed by atoms with Crippen LogP contribution in [0.5, 0.6) is 0 Å². The first-order valence-corrected chi connectivity index (χ1v) is 10.2. The number of rotatable bonds is 3. The third-order valence-electron chi connectivity index (χ3n) is 5.94. The van der Waals surface area contributed by atoms with E-state index in [9.17, 15) is 18.8 Å². The van der Waals surface area contributed by atoms with Crippen molar-refractivity contribution >= 4 is 23.5 Å². The number of nitrogens with zero attached hydrogens (tertiary/aromatic N) is 1. The van der Waals surface area contributed by atoms with Crippen LogP contribution < -0.4 is 5.32 Å². The van der Waals surface area contributed by atoms with Crippen LogP contribution >= 0.6 is 0 Å². The highest BCUT2D eigenvalue weighted by Crippen LogP contribution is 2.43. The molecule has 7 heteroatoms. The molecule has 1 saturated heterocycles. The molecule has 0 saturated carbocycles. The van der Waals surface area contributed by atoms with Crippen molar-refractivity contribution in [2.24, 2.45) is 0 Å². The second-order valence-electron chi connectivity index (χ2n) is 7.94. The number of fused-ring (bicyclic) bond motifs is 2. The molecular formula is C25H19FN2O4. The Kier molecular flexibility index (Phi) is 4.74. The average Bonchev–Trinajstić information content (AvgIpc) is 3.36. The summed E-state index contributed by atoms with van der Waals surface area (Å²) in [6.07, 6.45) is 0.549. The topological polar surface area (TPSA) is 75.7 Å². The van der Waals surface area contributed by atoms with Crippen molar-refractivity contribution in [1.29, 1.82) is 0 Å². The molecule has 2 aliphatic rings. The number of likely N-dealkylation sites (tertiary alicyclic amines) is 1. The maximum Gasteiger partial charge on any atom is 0.339 e. The van der Waals surface area contributed by atoms with Gasteiger partial charge in [0, 0.05) is 35.3 Å². The summed E-state index contributed by atoms with van der Waals surface area (Å²) in [7, 11) is 0. The number of anilines is 1. The Hall–Kier alpha value is -4.00. The smallest absolute Gasteiger partial charge is 0.339 e. The minimum atomic E-state index is -0.785. The minimum absolute atomic E-state index is 0.168. The Labute approximate surface area is 183 Å². The summed E-state index contributed by atoms with van der Waals surface area (Å²) >= 11 is 0. The molecule has 0 bridgehead atoms. The van der Waals surface area contributed by atoms with Crippen molar-refractivity contribution in [3.05, 3.63) is 101 Å². The molecule has 1 fully saturated rings. The predicted octanol–water partition coefficient (Wildman–Crippen LogP) is 3.99. The first-order valence-electron chi connectivity index (χ1n) is 10.2. The van der Waals surface area contributed by atoms with Crippen molar-refractivity contribution in [1.82, 2.24) is 4.90 Å². The van der Waals surface area contributed by atoms with Gasteiger partial charge >= 0.3 is 5.97 Å². The molecule has 0 aliphatic carbocycles. The fourth-order valence-electron chi connectivity index (χ4n) is 4.29. The Morgan fingerprint density at radius 3 is 2.38 bits per heavy atom. The van der Waals surface area contributed by atoms with E-state index in [1.165, 1.54) is 24.3 Å². The van der Waals surface area contributed by atoms with Gasteiger partial charge in [-0.1, -0.05) is 18.2 Å². The summed E-state index contributed by atoms with van der Waals surface area (Å²) in [5.41, 5.74) is 1.93. The Balaban J connectivity index is 1.27. The van der Waals surface area contributed by atoms with Gasteiger partial charge < -0.3 is 15.0 Å². The van der Waals surface area contributed by atoms with Crippen LogP contribution in [0.2, 0.25) is 0 Å². The first-order chi connectivity index (χ1) is 15.4. The number of carbonyl (C=O) groups is 3. The van der Waals surface area contributed by atoms with E-state index in [1.54, 1.807) is 41.3 Å². The summed E-state index contributed by atoms with van der Waals surface area (Å²) in [5.74, 6) is -1.30. The van der Waals surface area contributed by atoms with Gasteiger partial charge in [-0.15, -0.1) is 0 Å². The number of hydrogen-bond acceptors (Lipinski definition) is 4. The molecule has 1 N–H and O–H groups in total. The fourth-order valence-corrected chi connectivity index (χ4v) is 4.29. The number of halogens is 1. The highest BCUT2D eigenvalue weighted by atomic mass is 19.1. The van der Waals surface area contributed by atoms with Crippen molar-refractivity contribution in [2.75, 3.05) is 18.4 Å². The molecule has 0 radical (unpaired) electrons. The molecule has 1 spiro atoms. The van der Waals surface area contributed by atoms with Crippen LogP contribution in [0.25, 0.3) is 0 Å². The summed E-state index contributed by atoms with van der Waals surface area (Å²) in [4.78, 5) is 39.2. The van der Waals surface area contributed by atoms with E-state index >= 15 is 0 Å². The largest absolute Gasteiger partial charge is 0.449 e. The second-order valence-corrected chi connectivity index (χ2v) is 7.94. The maximum atomic E-state index is 13.0. The molecule has 2 amide bonds. The van der Waals surface area contributed by atoms with Crippen molar-refractivity contribution < 1.29 is 23.5 Å². The van der Waals surface area contributed by atoms with E-state index in [0.717, 1.165) is 5.56 Å². The van der Waals surface area contributed by atoms with Crippen LogP contribution in [0, 0.1) is 5.82 Å². The molecule has 5 rings (SSSR count). The highest BCUT2D eigenvalue weighted by molar-refractivity contribution is 6.04. The molecule has 2 heterocycles. The van der Waals surface area contributed by atoms with Gasteiger partial charge in [-0.05, 0) is 54.6 Å². The molecule has 3 aromatic carbocycles. The second kappa shape index (κ2) is 7.60. The standard InChI is InChI=1S/C25H19FN2O4/c26-18-9-5-16(6-10-18)22(29)27-19-11-7-17(8-12-19)23(30)28-14-13-25(15-28)21-4-2-1-3-20(21)24(31)32-25/h1-12H,13-15H2,(H,27,29). The zero-order valence-corrected chi connectivity index (χ0v) is 17.0. The number of hydrogen-bond donors (Lipinski definition) is 1. The predicted molar refractivity (Wildman–Crippen MR) is 115 cm³/mol.